The van der Waals surface area contributed by atoms with Crippen molar-refractivity contribution in [2.24, 2.45) is 0 Å². The minimum atomic E-state index is -0.461. The van der Waals surface area contributed by atoms with Crippen LogP contribution in [0.1, 0.15) is 23.6 Å². The van der Waals surface area contributed by atoms with Crippen LogP contribution in [0.3, 0.4) is 0 Å². The van der Waals surface area contributed by atoms with Gasteiger partial charge in [0.15, 0.2) is 0 Å². The summed E-state index contributed by atoms with van der Waals surface area (Å²) in [5.41, 5.74) is 4.91. The van der Waals surface area contributed by atoms with Crippen molar-refractivity contribution in [2.75, 3.05) is 22.6 Å². The Bertz CT molecular complexity index is 1330. The van der Waals surface area contributed by atoms with Gasteiger partial charge in [-0.25, -0.2) is 4.90 Å². The van der Waals surface area contributed by atoms with E-state index in [-0.39, 0.29) is 11.6 Å². The van der Waals surface area contributed by atoms with Gasteiger partial charge in [0.25, 0.3) is 11.8 Å². The number of methoxy groups -OCH3 is 1. The van der Waals surface area contributed by atoms with Crippen molar-refractivity contribution in [3.63, 3.8) is 0 Å². The first-order chi connectivity index (χ1) is 16.3. The average molecular weight is 456 g/mol. The molecule has 0 saturated carbocycles. The highest BCUT2D eigenvalue weighted by Crippen LogP contribution is 2.35. The molecule has 0 unspecified atom stereocenters. The zero-order valence-electron chi connectivity index (χ0n) is 19.4. The van der Waals surface area contributed by atoms with E-state index in [1.807, 2.05) is 32.0 Å². The lowest BCUT2D eigenvalue weighted by atomic mass is 9.99. The number of hydrogen-bond acceptors (Lipinski definition) is 5. The molecule has 0 spiro atoms. The molecule has 0 atom stereocenters. The lowest BCUT2D eigenvalue weighted by Gasteiger charge is -2.16. The van der Waals surface area contributed by atoms with Gasteiger partial charge in [-0.3, -0.25) is 14.4 Å². The number of anilines is 3. The van der Waals surface area contributed by atoms with Crippen LogP contribution < -0.4 is 20.3 Å². The second-order valence-corrected chi connectivity index (χ2v) is 8.08. The summed E-state index contributed by atoms with van der Waals surface area (Å²) in [5, 5.41) is 5.84. The first-order valence-corrected chi connectivity index (χ1v) is 10.8. The molecule has 3 aromatic carbocycles. The molecule has 7 nitrogen and oxygen atoms in total. The molecule has 0 radical (unpaired) electrons. The maximum Gasteiger partial charge on any atom is 0.282 e. The fourth-order valence-electron chi connectivity index (χ4n) is 3.78. The van der Waals surface area contributed by atoms with E-state index in [9.17, 15) is 14.4 Å². The number of imide groups is 1. The quantitative estimate of drug-likeness (QED) is 0.528. The number of rotatable bonds is 6. The molecule has 1 aliphatic rings. The fraction of sp³-hybridized carbons (Fsp3) is 0.148. The van der Waals surface area contributed by atoms with Crippen molar-refractivity contribution in [3.05, 3.63) is 89.1 Å². The fourth-order valence-corrected chi connectivity index (χ4v) is 3.78. The number of benzene rings is 3. The molecule has 34 heavy (non-hydrogen) atoms. The molecular formula is C27H25N3O4. The molecule has 3 amide bonds. The zero-order chi connectivity index (χ0) is 24.4. The molecule has 0 bridgehead atoms. The Balaban J connectivity index is 1.78. The van der Waals surface area contributed by atoms with Crippen LogP contribution in [0.15, 0.2) is 72.4 Å². The Labute approximate surface area is 198 Å². The number of aryl methyl sites for hydroxylation is 2. The van der Waals surface area contributed by atoms with Crippen molar-refractivity contribution in [3.8, 4) is 5.75 Å². The molecule has 0 saturated heterocycles. The number of nitrogens with one attached hydrogen (secondary N) is 2. The van der Waals surface area contributed by atoms with E-state index < -0.39 is 11.8 Å². The van der Waals surface area contributed by atoms with Gasteiger partial charge in [-0.1, -0.05) is 24.3 Å². The standard InChI is InChI=1S/C27H25N3O4/c1-16-8-9-19(14-17(16)2)24-25(29-21-12-10-20(11-13-21)28-18(3)31)27(33)30(26(24)32)22-6-5-7-23(15-22)34-4/h5-15,29H,1-4H3,(H,28,31). The Morgan fingerprint density at radius 3 is 2.21 bits per heavy atom. The van der Waals surface area contributed by atoms with Crippen LogP contribution in [0.25, 0.3) is 5.57 Å². The van der Waals surface area contributed by atoms with Gasteiger partial charge < -0.3 is 15.4 Å². The molecule has 0 aliphatic carbocycles. The molecule has 172 valence electrons. The molecule has 0 aromatic heterocycles. The van der Waals surface area contributed by atoms with Crippen molar-refractivity contribution in [2.45, 2.75) is 20.8 Å². The zero-order valence-corrected chi connectivity index (χ0v) is 19.4. The van der Waals surface area contributed by atoms with Gasteiger partial charge in [0.2, 0.25) is 5.91 Å². The first-order valence-electron chi connectivity index (χ1n) is 10.8. The highest BCUT2D eigenvalue weighted by atomic mass is 16.5. The van der Waals surface area contributed by atoms with E-state index in [2.05, 4.69) is 10.6 Å². The highest BCUT2D eigenvalue weighted by Gasteiger charge is 2.40. The maximum atomic E-state index is 13.6. The summed E-state index contributed by atoms with van der Waals surface area (Å²) < 4.78 is 5.28. The van der Waals surface area contributed by atoms with Crippen molar-refractivity contribution in [1.82, 2.24) is 0 Å². The molecule has 7 heteroatoms. The van der Waals surface area contributed by atoms with Gasteiger partial charge in [0.1, 0.15) is 11.4 Å². The third-order valence-electron chi connectivity index (χ3n) is 5.67. The first kappa shape index (κ1) is 22.8. The predicted octanol–water partition coefficient (Wildman–Crippen LogP) is 4.67. The Hall–Kier alpha value is -4.39. The lowest BCUT2D eigenvalue weighted by Crippen LogP contribution is -2.32. The summed E-state index contributed by atoms with van der Waals surface area (Å²) in [6.07, 6.45) is 0. The van der Waals surface area contributed by atoms with Crippen LogP contribution in [0.4, 0.5) is 17.1 Å². The Morgan fingerprint density at radius 2 is 1.56 bits per heavy atom. The van der Waals surface area contributed by atoms with Crippen LogP contribution in [-0.4, -0.2) is 24.8 Å². The third-order valence-corrected chi connectivity index (χ3v) is 5.67. The lowest BCUT2D eigenvalue weighted by molar-refractivity contribution is -0.120. The van der Waals surface area contributed by atoms with Gasteiger partial charge in [-0.2, -0.15) is 0 Å². The summed E-state index contributed by atoms with van der Waals surface area (Å²) in [6, 6.07) is 19.4. The van der Waals surface area contributed by atoms with E-state index in [1.165, 1.54) is 14.0 Å². The SMILES string of the molecule is COc1cccc(N2C(=O)C(Nc3ccc(NC(C)=O)cc3)=C(c3ccc(C)c(C)c3)C2=O)c1. The topological polar surface area (TPSA) is 87.7 Å². The minimum Gasteiger partial charge on any atom is -0.497 e. The van der Waals surface area contributed by atoms with E-state index in [0.717, 1.165) is 16.0 Å². The predicted molar refractivity (Wildman–Crippen MR) is 133 cm³/mol. The van der Waals surface area contributed by atoms with Gasteiger partial charge in [-0.15, -0.1) is 0 Å². The van der Waals surface area contributed by atoms with Crippen molar-refractivity contribution < 1.29 is 19.1 Å². The van der Waals surface area contributed by atoms with Crippen LogP contribution in [0, 0.1) is 13.8 Å². The Morgan fingerprint density at radius 1 is 0.853 bits per heavy atom. The average Bonchev–Trinajstić information content (AvgIpc) is 3.06. The monoisotopic (exact) mass is 455 g/mol. The number of amides is 3. The van der Waals surface area contributed by atoms with Gasteiger partial charge in [-0.05, 0) is 66.9 Å². The molecular weight excluding hydrogens is 430 g/mol. The second kappa shape index (κ2) is 9.23. The molecule has 4 rings (SSSR count). The number of carbonyl (C=O) groups is 3. The van der Waals surface area contributed by atoms with Crippen LogP contribution in [0.5, 0.6) is 5.75 Å². The van der Waals surface area contributed by atoms with Gasteiger partial charge >= 0.3 is 0 Å². The summed E-state index contributed by atoms with van der Waals surface area (Å²) in [7, 11) is 1.53. The number of ether oxygens (including phenoxy) is 1. The molecule has 3 aromatic rings. The van der Waals surface area contributed by atoms with Gasteiger partial charge in [0, 0.05) is 24.4 Å². The highest BCUT2D eigenvalue weighted by molar-refractivity contribution is 6.46. The number of hydrogen-bond donors (Lipinski definition) is 2. The van der Waals surface area contributed by atoms with Crippen LogP contribution in [-0.2, 0) is 14.4 Å². The van der Waals surface area contributed by atoms with Crippen molar-refractivity contribution in [1.29, 1.82) is 0 Å². The summed E-state index contributed by atoms with van der Waals surface area (Å²) in [5.74, 6) is -0.511. The minimum absolute atomic E-state index is 0.175. The summed E-state index contributed by atoms with van der Waals surface area (Å²) in [4.78, 5) is 39.6. The van der Waals surface area contributed by atoms with Crippen LogP contribution >= 0.6 is 0 Å². The van der Waals surface area contributed by atoms with E-state index >= 15 is 0 Å². The molecule has 2 N–H and O–H groups in total. The Kier molecular flexibility index (Phi) is 6.19. The van der Waals surface area contributed by atoms with Crippen molar-refractivity contribution >= 4 is 40.4 Å². The molecule has 1 heterocycles. The van der Waals surface area contributed by atoms with E-state index in [1.54, 1.807) is 48.5 Å². The molecule has 0 fully saturated rings. The number of nitrogens with zero attached hydrogens (tertiary/aromatic N) is 1. The largest absolute Gasteiger partial charge is 0.497 e. The maximum absolute atomic E-state index is 13.6. The smallest absolute Gasteiger partial charge is 0.282 e. The second-order valence-electron chi connectivity index (χ2n) is 8.08. The molecule has 1 aliphatic heterocycles. The van der Waals surface area contributed by atoms with E-state index in [0.29, 0.717) is 33.9 Å². The summed E-state index contributed by atoms with van der Waals surface area (Å²) >= 11 is 0. The number of carbonyl (C=O) groups excluding carboxylic acids is 3. The van der Waals surface area contributed by atoms with Crippen LogP contribution in [0.2, 0.25) is 0 Å². The normalized spacial score (nSPS) is 13.4. The third kappa shape index (κ3) is 4.41. The summed E-state index contributed by atoms with van der Waals surface area (Å²) in [6.45, 7) is 5.39. The van der Waals surface area contributed by atoms with E-state index in [4.69, 9.17) is 4.74 Å². The van der Waals surface area contributed by atoms with Gasteiger partial charge in [0.05, 0.1) is 18.4 Å².